The molecular weight excluding hydrogens is 378 g/mol. The Bertz CT molecular complexity index is 1130. The molecule has 0 bridgehead atoms. The second kappa shape index (κ2) is 7.64. The van der Waals surface area contributed by atoms with Gasteiger partial charge in [0, 0.05) is 24.1 Å². The second-order valence-electron chi connectivity index (χ2n) is 5.80. The number of carbonyl (C=O) groups excluding carboxylic acids is 1. The van der Waals surface area contributed by atoms with Gasteiger partial charge in [0.05, 0.1) is 6.07 Å². The molecule has 29 heavy (non-hydrogen) atoms. The average molecular weight is 391 g/mol. The fourth-order valence-electron chi connectivity index (χ4n) is 2.46. The molecule has 4 aromatic rings. The van der Waals surface area contributed by atoms with Gasteiger partial charge in [-0.05, 0) is 48.5 Å². The zero-order valence-electron chi connectivity index (χ0n) is 14.8. The normalized spacial score (nSPS) is 10.5. The van der Waals surface area contributed by atoms with Crippen LogP contribution in [0.3, 0.4) is 0 Å². The molecule has 0 saturated heterocycles. The number of nitro groups is 1. The molecule has 0 unspecified atom stereocenters. The molecule has 0 aliphatic carbocycles. The summed E-state index contributed by atoms with van der Waals surface area (Å²) in [6.45, 7) is 0. The first-order valence-electron chi connectivity index (χ1n) is 8.39. The number of hydrogen-bond donors (Lipinski definition) is 1. The first kappa shape index (κ1) is 17.9. The highest BCUT2D eigenvalue weighted by Gasteiger charge is 2.17. The van der Waals surface area contributed by atoms with Gasteiger partial charge in [-0.15, -0.1) is 10.2 Å². The fourth-order valence-corrected chi connectivity index (χ4v) is 2.46. The lowest BCUT2D eigenvalue weighted by Gasteiger charge is -2.07. The molecule has 0 aliphatic rings. The maximum atomic E-state index is 12.1. The van der Waals surface area contributed by atoms with Gasteiger partial charge >= 0.3 is 5.88 Å². The number of benzene rings is 1. The molecule has 1 amide bonds. The summed E-state index contributed by atoms with van der Waals surface area (Å²) in [5.41, 5.74) is 0.468. The number of rotatable bonds is 6. The third-order valence-electron chi connectivity index (χ3n) is 3.83. The van der Waals surface area contributed by atoms with Gasteiger partial charge in [0.1, 0.15) is 10.7 Å². The number of ether oxygens (including phenoxy) is 1. The third kappa shape index (κ3) is 4.11. The van der Waals surface area contributed by atoms with Gasteiger partial charge in [-0.3, -0.25) is 14.9 Å². The number of hydrogen-bond acceptors (Lipinski definition) is 7. The van der Waals surface area contributed by atoms with E-state index in [1.54, 1.807) is 36.4 Å². The van der Waals surface area contributed by atoms with Gasteiger partial charge < -0.3 is 19.0 Å². The van der Waals surface area contributed by atoms with Crippen LogP contribution in [-0.4, -0.2) is 25.6 Å². The van der Waals surface area contributed by atoms with Crippen molar-refractivity contribution in [2.75, 3.05) is 5.32 Å². The lowest BCUT2D eigenvalue weighted by molar-refractivity contribution is -0.402. The van der Waals surface area contributed by atoms with Crippen molar-refractivity contribution in [2.24, 2.45) is 0 Å². The molecule has 0 spiro atoms. The number of carbonyl (C=O) groups is 1. The van der Waals surface area contributed by atoms with Crippen LogP contribution in [0.4, 0.5) is 11.6 Å². The summed E-state index contributed by atoms with van der Waals surface area (Å²) in [4.78, 5) is 22.0. The van der Waals surface area contributed by atoms with E-state index < -0.39 is 16.7 Å². The van der Waals surface area contributed by atoms with E-state index in [1.807, 2.05) is 29.1 Å². The first-order chi connectivity index (χ1) is 14.1. The maximum absolute atomic E-state index is 12.1. The van der Waals surface area contributed by atoms with Crippen molar-refractivity contribution in [3.63, 3.8) is 0 Å². The van der Waals surface area contributed by atoms with E-state index in [1.165, 1.54) is 6.07 Å². The van der Waals surface area contributed by atoms with Crippen molar-refractivity contribution in [2.45, 2.75) is 0 Å². The van der Waals surface area contributed by atoms with Gasteiger partial charge in [0.15, 0.2) is 11.6 Å². The van der Waals surface area contributed by atoms with Gasteiger partial charge in [-0.1, -0.05) is 0 Å². The summed E-state index contributed by atoms with van der Waals surface area (Å²) in [5.74, 6) is 0.231. The Morgan fingerprint density at radius 2 is 1.79 bits per heavy atom. The molecule has 1 N–H and O–H groups in total. The van der Waals surface area contributed by atoms with Crippen molar-refractivity contribution in [3.8, 4) is 17.4 Å². The summed E-state index contributed by atoms with van der Waals surface area (Å²) in [6.07, 6.45) is 3.72. The second-order valence-corrected chi connectivity index (χ2v) is 5.80. The Hall–Kier alpha value is -4.47. The molecule has 10 heteroatoms. The quantitative estimate of drug-likeness (QED) is 0.391. The highest BCUT2D eigenvalue weighted by Crippen LogP contribution is 2.22. The van der Waals surface area contributed by atoms with Crippen LogP contribution in [0.1, 0.15) is 10.6 Å². The van der Waals surface area contributed by atoms with E-state index in [0.717, 1.165) is 6.07 Å². The van der Waals surface area contributed by atoms with E-state index in [2.05, 4.69) is 15.5 Å². The summed E-state index contributed by atoms with van der Waals surface area (Å²) in [7, 11) is 0. The first-order valence-corrected chi connectivity index (χ1v) is 8.39. The summed E-state index contributed by atoms with van der Waals surface area (Å²) in [6, 6.07) is 16.1. The van der Waals surface area contributed by atoms with E-state index in [4.69, 9.17) is 9.15 Å². The number of aromatic nitrogens is 3. The minimum Gasteiger partial charge on any atom is -0.438 e. The van der Waals surface area contributed by atoms with E-state index in [0.29, 0.717) is 23.1 Å². The number of anilines is 1. The number of furan rings is 1. The predicted octanol–water partition coefficient (Wildman–Crippen LogP) is 3.81. The minimum atomic E-state index is -0.711. The molecule has 144 valence electrons. The van der Waals surface area contributed by atoms with Crippen LogP contribution in [0.15, 0.2) is 77.5 Å². The van der Waals surface area contributed by atoms with E-state index in [9.17, 15) is 14.9 Å². The third-order valence-corrected chi connectivity index (χ3v) is 3.83. The highest BCUT2D eigenvalue weighted by molar-refractivity contribution is 6.02. The van der Waals surface area contributed by atoms with Gasteiger partial charge in [-0.25, -0.2) is 0 Å². The number of amides is 1. The predicted molar refractivity (Wildman–Crippen MR) is 101 cm³/mol. The molecule has 0 radical (unpaired) electrons. The molecule has 0 saturated carbocycles. The molecule has 3 aromatic heterocycles. The molecule has 0 aliphatic heterocycles. The van der Waals surface area contributed by atoms with Crippen LogP contribution >= 0.6 is 0 Å². The van der Waals surface area contributed by atoms with Gasteiger partial charge in [0.25, 0.3) is 5.91 Å². The topological polar surface area (TPSA) is 125 Å². The largest absolute Gasteiger partial charge is 0.438 e. The van der Waals surface area contributed by atoms with Crippen LogP contribution in [-0.2, 0) is 0 Å². The van der Waals surface area contributed by atoms with Crippen molar-refractivity contribution < 1.29 is 18.9 Å². The van der Waals surface area contributed by atoms with Crippen molar-refractivity contribution in [1.29, 1.82) is 0 Å². The van der Waals surface area contributed by atoms with Crippen molar-refractivity contribution in [1.82, 2.24) is 14.8 Å². The summed E-state index contributed by atoms with van der Waals surface area (Å²) < 4.78 is 12.3. The monoisotopic (exact) mass is 391 g/mol. The molecule has 10 nitrogen and oxygen atoms in total. The Balaban J connectivity index is 1.38. The average Bonchev–Trinajstić information content (AvgIpc) is 3.42. The standard InChI is InChI=1S/C19H13N5O5/c25-19(15-7-10-18(29-15)24(26)27)20-13-3-5-14(6-4-13)28-17-9-8-16(21-22-17)23-11-1-2-12-23/h1-12H,(H,20,25). The van der Waals surface area contributed by atoms with Gasteiger partial charge in [-0.2, -0.15) is 0 Å². The van der Waals surface area contributed by atoms with Crippen LogP contribution in [0.2, 0.25) is 0 Å². The van der Waals surface area contributed by atoms with E-state index >= 15 is 0 Å². The molecule has 4 rings (SSSR count). The van der Waals surface area contributed by atoms with Gasteiger partial charge in [0.2, 0.25) is 5.88 Å². The number of nitrogens with zero attached hydrogens (tertiary/aromatic N) is 4. The zero-order valence-corrected chi connectivity index (χ0v) is 14.8. The van der Waals surface area contributed by atoms with Crippen LogP contribution in [0.5, 0.6) is 11.6 Å². The lowest BCUT2D eigenvalue weighted by Crippen LogP contribution is -2.10. The zero-order chi connectivity index (χ0) is 20.2. The lowest BCUT2D eigenvalue weighted by atomic mass is 10.3. The minimum absolute atomic E-state index is 0.157. The summed E-state index contributed by atoms with van der Waals surface area (Å²) in [5, 5.41) is 21.3. The van der Waals surface area contributed by atoms with E-state index in [-0.39, 0.29) is 5.76 Å². The summed E-state index contributed by atoms with van der Waals surface area (Å²) >= 11 is 0. The van der Waals surface area contributed by atoms with Crippen molar-refractivity contribution in [3.05, 3.63) is 88.9 Å². The maximum Gasteiger partial charge on any atom is 0.433 e. The number of nitrogens with one attached hydrogen (secondary N) is 1. The Labute approximate surface area is 163 Å². The molecular formula is C19H13N5O5. The Morgan fingerprint density at radius 1 is 1.03 bits per heavy atom. The SMILES string of the molecule is O=C(Nc1ccc(Oc2ccc(-n3cccc3)nn2)cc1)c1ccc([N+](=O)[O-])o1. The van der Waals surface area contributed by atoms with Crippen LogP contribution < -0.4 is 10.1 Å². The van der Waals surface area contributed by atoms with Crippen LogP contribution in [0.25, 0.3) is 5.82 Å². The Morgan fingerprint density at radius 3 is 2.41 bits per heavy atom. The van der Waals surface area contributed by atoms with Crippen molar-refractivity contribution >= 4 is 17.5 Å². The van der Waals surface area contributed by atoms with Crippen LogP contribution in [0, 0.1) is 10.1 Å². The molecule has 1 aromatic carbocycles. The highest BCUT2D eigenvalue weighted by atomic mass is 16.6. The fraction of sp³-hybridized carbons (Fsp3) is 0. The molecule has 0 fully saturated rings. The Kier molecular flexibility index (Phi) is 4.72. The molecule has 0 atom stereocenters. The smallest absolute Gasteiger partial charge is 0.433 e. The molecule has 3 heterocycles.